The molecule has 4 aromatic rings. The number of carboxylic acids is 1. The van der Waals surface area contributed by atoms with Gasteiger partial charge in [0.15, 0.2) is 0 Å². The molecule has 0 aliphatic rings. The monoisotopic (exact) mass is 395 g/mol. The van der Waals surface area contributed by atoms with Gasteiger partial charge < -0.3 is 10.1 Å². The van der Waals surface area contributed by atoms with Crippen LogP contribution in [0.15, 0.2) is 66.7 Å². The van der Waals surface area contributed by atoms with Gasteiger partial charge in [0, 0.05) is 15.9 Å². The van der Waals surface area contributed by atoms with Gasteiger partial charge in [-0.3, -0.25) is 4.79 Å². The molecule has 0 atom stereocenters. The van der Waals surface area contributed by atoms with E-state index in [1.165, 1.54) is 0 Å². The standard InChI is InChI=1S/C22H15Cl2NO2/c23-16-10-18(24)21-17(12-20(26)27)22(25-19(21)11-16)15-8-6-14(7-9-15)13-4-2-1-3-5-13/h1-11,25H,12H2,(H,26,27). The van der Waals surface area contributed by atoms with E-state index in [-0.39, 0.29) is 6.42 Å². The number of carbonyl (C=O) groups is 1. The number of halogens is 2. The lowest BCUT2D eigenvalue weighted by molar-refractivity contribution is -0.136. The molecule has 0 amide bonds. The van der Waals surface area contributed by atoms with Crippen LogP contribution in [0.3, 0.4) is 0 Å². The number of aromatic nitrogens is 1. The molecule has 0 aliphatic carbocycles. The largest absolute Gasteiger partial charge is 0.481 e. The zero-order valence-electron chi connectivity index (χ0n) is 14.2. The molecule has 0 unspecified atom stereocenters. The van der Waals surface area contributed by atoms with Crippen molar-refractivity contribution in [2.45, 2.75) is 6.42 Å². The molecular formula is C22H15Cl2NO2. The van der Waals surface area contributed by atoms with E-state index < -0.39 is 5.97 Å². The first kappa shape index (κ1) is 17.7. The van der Waals surface area contributed by atoms with Crippen LogP contribution >= 0.6 is 23.2 Å². The molecule has 3 aromatic carbocycles. The van der Waals surface area contributed by atoms with Gasteiger partial charge in [0.1, 0.15) is 0 Å². The number of nitrogens with one attached hydrogen (secondary N) is 1. The fourth-order valence-electron chi connectivity index (χ4n) is 3.35. The number of hydrogen-bond donors (Lipinski definition) is 2. The lowest BCUT2D eigenvalue weighted by Crippen LogP contribution is -2.01. The van der Waals surface area contributed by atoms with Crippen molar-refractivity contribution in [2.24, 2.45) is 0 Å². The van der Waals surface area contributed by atoms with E-state index in [9.17, 15) is 9.90 Å². The van der Waals surface area contributed by atoms with Crippen molar-refractivity contribution in [3.8, 4) is 22.4 Å². The smallest absolute Gasteiger partial charge is 0.307 e. The molecule has 0 saturated heterocycles. The Hall–Kier alpha value is -2.75. The third kappa shape index (κ3) is 3.44. The van der Waals surface area contributed by atoms with Crippen LogP contribution in [0.1, 0.15) is 5.56 Å². The fraction of sp³-hybridized carbons (Fsp3) is 0.0455. The van der Waals surface area contributed by atoms with E-state index in [0.29, 0.717) is 21.0 Å². The quantitative estimate of drug-likeness (QED) is 0.417. The van der Waals surface area contributed by atoms with E-state index >= 15 is 0 Å². The van der Waals surface area contributed by atoms with Gasteiger partial charge in [-0.2, -0.15) is 0 Å². The lowest BCUT2D eigenvalue weighted by atomic mass is 9.99. The molecule has 3 nitrogen and oxygen atoms in total. The molecule has 4 rings (SSSR count). The Morgan fingerprint density at radius 3 is 2.19 bits per heavy atom. The molecule has 0 aliphatic heterocycles. The summed E-state index contributed by atoms with van der Waals surface area (Å²) in [5.74, 6) is -0.913. The number of aliphatic carboxylic acids is 1. The average Bonchev–Trinajstić information content (AvgIpc) is 3.00. The molecule has 134 valence electrons. The first-order valence-electron chi connectivity index (χ1n) is 8.40. The van der Waals surface area contributed by atoms with Crippen molar-refractivity contribution in [1.29, 1.82) is 0 Å². The topological polar surface area (TPSA) is 53.1 Å². The fourth-order valence-corrected chi connectivity index (χ4v) is 3.96. The molecule has 0 fully saturated rings. The summed E-state index contributed by atoms with van der Waals surface area (Å²) in [5, 5.41) is 11.0. The summed E-state index contributed by atoms with van der Waals surface area (Å²) >= 11 is 12.5. The molecule has 5 heteroatoms. The van der Waals surface area contributed by atoms with Crippen LogP contribution in [0, 0.1) is 0 Å². The van der Waals surface area contributed by atoms with Crippen LogP contribution in [0.5, 0.6) is 0 Å². The Balaban J connectivity index is 1.85. The van der Waals surface area contributed by atoms with Gasteiger partial charge >= 0.3 is 5.97 Å². The SMILES string of the molecule is O=C(O)Cc1c(-c2ccc(-c3ccccc3)cc2)[nH]c2cc(Cl)cc(Cl)c12. The lowest BCUT2D eigenvalue weighted by Gasteiger charge is -2.06. The van der Waals surface area contributed by atoms with Gasteiger partial charge in [-0.25, -0.2) is 0 Å². The zero-order valence-corrected chi connectivity index (χ0v) is 15.7. The molecule has 27 heavy (non-hydrogen) atoms. The number of H-pyrrole nitrogens is 1. The van der Waals surface area contributed by atoms with Crippen molar-refractivity contribution >= 4 is 40.1 Å². The normalized spacial score (nSPS) is 11.0. The zero-order chi connectivity index (χ0) is 19.0. The highest BCUT2D eigenvalue weighted by molar-refractivity contribution is 6.39. The molecule has 1 aromatic heterocycles. The van der Waals surface area contributed by atoms with Crippen molar-refractivity contribution in [2.75, 3.05) is 0 Å². The maximum absolute atomic E-state index is 11.4. The maximum atomic E-state index is 11.4. The van der Waals surface area contributed by atoms with Gasteiger partial charge in [0.05, 0.1) is 17.1 Å². The summed E-state index contributed by atoms with van der Waals surface area (Å²) in [4.78, 5) is 14.7. The number of benzene rings is 3. The van der Waals surface area contributed by atoms with Gasteiger partial charge in [-0.1, -0.05) is 77.8 Å². The van der Waals surface area contributed by atoms with Crippen molar-refractivity contribution in [3.63, 3.8) is 0 Å². The van der Waals surface area contributed by atoms with E-state index in [1.807, 2.05) is 42.5 Å². The number of fused-ring (bicyclic) bond motifs is 1. The number of carboxylic acid groups (broad SMARTS) is 1. The van der Waals surface area contributed by atoms with Gasteiger partial charge in [-0.05, 0) is 34.4 Å². The van der Waals surface area contributed by atoms with Crippen LogP contribution in [0.2, 0.25) is 10.0 Å². The van der Waals surface area contributed by atoms with E-state index in [1.54, 1.807) is 12.1 Å². The van der Waals surface area contributed by atoms with Crippen molar-refractivity contribution < 1.29 is 9.90 Å². The molecule has 0 bridgehead atoms. The minimum atomic E-state index is -0.913. The second-order valence-electron chi connectivity index (χ2n) is 6.30. The number of hydrogen-bond acceptors (Lipinski definition) is 1. The highest BCUT2D eigenvalue weighted by Crippen LogP contribution is 2.37. The average molecular weight is 396 g/mol. The van der Waals surface area contributed by atoms with Crippen LogP contribution in [-0.2, 0) is 11.2 Å². The Bertz CT molecular complexity index is 1130. The van der Waals surface area contributed by atoms with Crippen LogP contribution in [-0.4, -0.2) is 16.1 Å². The van der Waals surface area contributed by atoms with Crippen molar-refractivity contribution in [3.05, 3.63) is 82.3 Å². The highest BCUT2D eigenvalue weighted by Gasteiger charge is 2.18. The minimum absolute atomic E-state index is 0.128. The minimum Gasteiger partial charge on any atom is -0.481 e. The third-order valence-electron chi connectivity index (χ3n) is 4.53. The summed E-state index contributed by atoms with van der Waals surface area (Å²) in [6.45, 7) is 0. The van der Waals surface area contributed by atoms with Crippen LogP contribution in [0.4, 0.5) is 0 Å². The Labute approximate surface area is 166 Å². The van der Waals surface area contributed by atoms with Gasteiger partial charge in [-0.15, -0.1) is 0 Å². The van der Waals surface area contributed by atoms with Crippen LogP contribution < -0.4 is 0 Å². The predicted octanol–water partition coefficient (Wildman–Crippen LogP) is 6.44. The second-order valence-corrected chi connectivity index (χ2v) is 7.15. The summed E-state index contributed by atoms with van der Waals surface area (Å²) in [6.07, 6.45) is -0.128. The molecular weight excluding hydrogens is 381 g/mol. The number of aromatic amines is 1. The highest BCUT2D eigenvalue weighted by atomic mass is 35.5. The molecule has 1 heterocycles. The Morgan fingerprint density at radius 1 is 0.889 bits per heavy atom. The third-order valence-corrected chi connectivity index (χ3v) is 5.04. The summed E-state index contributed by atoms with van der Waals surface area (Å²) in [5.41, 5.74) is 5.25. The second kappa shape index (κ2) is 7.10. The molecule has 0 saturated carbocycles. The van der Waals surface area contributed by atoms with E-state index in [0.717, 1.165) is 27.9 Å². The first-order valence-corrected chi connectivity index (χ1v) is 9.16. The van der Waals surface area contributed by atoms with Crippen LogP contribution in [0.25, 0.3) is 33.3 Å². The Morgan fingerprint density at radius 2 is 1.52 bits per heavy atom. The van der Waals surface area contributed by atoms with E-state index in [4.69, 9.17) is 23.2 Å². The summed E-state index contributed by atoms with van der Waals surface area (Å²) in [6, 6.07) is 21.5. The summed E-state index contributed by atoms with van der Waals surface area (Å²) in [7, 11) is 0. The summed E-state index contributed by atoms with van der Waals surface area (Å²) < 4.78 is 0. The first-order chi connectivity index (χ1) is 13.0. The van der Waals surface area contributed by atoms with Crippen molar-refractivity contribution in [1.82, 2.24) is 4.98 Å². The van der Waals surface area contributed by atoms with Gasteiger partial charge in [0.2, 0.25) is 0 Å². The van der Waals surface area contributed by atoms with Gasteiger partial charge in [0.25, 0.3) is 0 Å². The number of rotatable bonds is 4. The Kier molecular flexibility index (Phi) is 4.65. The molecule has 2 N–H and O–H groups in total. The maximum Gasteiger partial charge on any atom is 0.307 e. The predicted molar refractivity (Wildman–Crippen MR) is 111 cm³/mol. The molecule has 0 radical (unpaired) electrons. The van der Waals surface area contributed by atoms with E-state index in [2.05, 4.69) is 17.1 Å². The molecule has 0 spiro atoms.